The Morgan fingerprint density at radius 2 is 2.06 bits per heavy atom. The lowest BCUT2D eigenvalue weighted by atomic mass is 9.86. The summed E-state index contributed by atoms with van der Waals surface area (Å²) in [4.78, 5) is 27.1. The summed E-state index contributed by atoms with van der Waals surface area (Å²) >= 11 is 3.15. The first-order valence-corrected chi connectivity index (χ1v) is 6.17. The predicted molar refractivity (Wildman–Crippen MR) is 70.3 cm³/mol. The average molecular weight is 315 g/mol. The third kappa shape index (κ3) is 3.53. The van der Waals surface area contributed by atoms with E-state index in [4.69, 9.17) is 5.11 Å². The lowest BCUT2D eigenvalue weighted by Crippen LogP contribution is -2.49. The number of rotatable bonds is 3. The Kier molecular flexibility index (Phi) is 4.45. The van der Waals surface area contributed by atoms with Crippen molar-refractivity contribution in [1.29, 1.82) is 0 Å². The van der Waals surface area contributed by atoms with Crippen LogP contribution in [0, 0.1) is 5.41 Å². The number of hydrogen-bond acceptors (Lipinski definition) is 3. The molecule has 0 unspecified atom stereocenters. The first kappa shape index (κ1) is 14.6. The van der Waals surface area contributed by atoms with Gasteiger partial charge >= 0.3 is 5.97 Å². The van der Waals surface area contributed by atoms with Crippen LogP contribution in [0.3, 0.4) is 0 Å². The zero-order valence-electron chi connectivity index (χ0n) is 10.4. The fourth-order valence-electron chi connectivity index (χ4n) is 1.41. The Morgan fingerprint density at radius 1 is 1.44 bits per heavy atom. The van der Waals surface area contributed by atoms with E-state index in [9.17, 15) is 9.59 Å². The van der Waals surface area contributed by atoms with Gasteiger partial charge in [0.1, 0.15) is 10.6 Å². The van der Waals surface area contributed by atoms with Gasteiger partial charge in [0.05, 0.1) is 5.56 Å². The van der Waals surface area contributed by atoms with Crippen molar-refractivity contribution < 1.29 is 14.7 Å². The van der Waals surface area contributed by atoms with Gasteiger partial charge in [-0.1, -0.05) is 20.8 Å². The lowest BCUT2D eigenvalue weighted by Gasteiger charge is -2.27. The quantitative estimate of drug-likeness (QED) is 0.837. The van der Waals surface area contributed by atoms with E-state index in [1.165, 1.54) is 0 Å². The first-order chi connectivity index (χ1) is 8.23. The molecule has 0 radical (unpaired) electrons. The molecule has 6 heteroatoms. The van der Waals surface area contributed by atoms with E-state index < -0.39 is 23.3 Å². The second-order valence-electron chi connectivity index (χ2n) is 4.95. The summed E-state index contributed by atoms with van der Waals surface area (Å²) in [6, 6.07) is 2.23. The van der Waals surface area contributed by atoms with E-state index in [2.05, 4.69) is 26.2 Å². The average Bonchev–Trinajstić information content (AvgIpc) is 2.24. The molecule has 1 rings (SSSR count). The van der Waals surface area contributed by atoms with Crippen LogP contribution in [0.4, 0.5) is 0 Å². The van der Waals surface area contributed by atoms with Crippen molar-refractivity contribution in [3.8, 4) is 0 Å². The molecule has 2 N–H and O–H groups in total. The van der Waals surface area contributed by atoms with Crippen LogP contribution in [-0.4, -0.2) is 28.0 Å². The highest BCUT2D eigenvalue weighted by molar-refractivity contribution is 9.10. The van der Waals surface area contributed by atoms with Gasteiger partial charge in [-0.2, -0.15) is 0 Å². The Balaban J connectivity index is 2.93. The smallest absolute Gasteiger partial charge is 0.326 e. The van der Waals surface area contributed by atoms with Crippen molar-refractivity contribution in [2.24, 2.45) is 5.41 Å². The summed E-state index contributed by atoms with van der Waals surface area (Å²) < 4.78 is 0.389. The SMILES string of the molecule is CC(C)(C)[C@@H](NC(=O)c1cccnc1Br)C(=O)O. The second kappa shape index (κ2) is 5.48. The number of hydrogen-bond donors (Lipinski definition) is 2. The maximum absolute atomic E-state index is 12.0. The van der Waals surface area contributed by atoms with Gasteiger partial charge < -0.3 is 10.4 Å². The molecule has 5 nitrogen and oxygen atoms in total. The van der Waals surface area contributed by atoms with Gasteiger partial charge in [0.2, 0.25) is 0 Å². The van der Waals surface area contributed by atoms with Gasteiger partial charge in [0.15, 0.2) is 0 Å². The van der Waals surface area contributed by atoms with Crippen LogP contribution >= 0.6 is 15.9 Å². The van der Waals surface area contributed by atoms with Crippen LogP contribution in [0.15, 0.2) is 22.9 Å². The fourth-order valence-corrected chi connectivity index (χ4v) is 1.84. The number of pyridine rings is 1. The summed E-state index contributed by atoms with van der Waals surface area (Å²) in [7, 11) is 0. The van der Waals surface area contributed by atoms with E-state index in [0.717, 1.165) is 0 Å². The number of nitrogens with zero attached hydrogens (tertiary/aromatic N) is 1. The predicted octanol–water partition coefficient (Wildman–Crippen LogP) is 2.07. The summed E-state index contributed by atoms with van der Waals surface area (Å²) in [5.74, 6) is -1.52. The van der Waals surface area contributed by atoms with E-state index in [-0.39, 0.29) is 0 Å². The molecule has 18 heavy (non-hydrogen) atoms. The highest BCUT2D eigenvalue weighted by atomic mass is 79.9. The molecular formula is C12H15BrN2O3. The number of carboxylic acid groups (broad SMARTS) is 1. The van der Waals surface area contributed by atoms with Gasteiger partial charge in [-0.05, 0) is 33.5 Å². The van der Waals surface area contributed by atoms with Crippen LogP contribution < -0.4 is 5.32 Å². The lowest BCUT2D eigenvalue weighted by molar-refractivity contribution is -0.142. The third-order valence-electron chi connectivity index (χ3n) is 2.39. The molecule has 1 heterocycles. The number of halogens is 1. The van der Waals surface area contributed by atoms with Crippen LogP contribution in [0.2, 0.25) is 0 Å². The van der Waals surface area contributed by atoms with Gasteiger partial charge in [0, 0.05) is 6.20 Å². The van der Waals surface area contributed by atoms with Crippen LogP contribution in [-0.2, 0) is 4.79 Å². The minimum atomic E-state index is -1.06. The van der Waals surface area contributed by atoms with Crippen molar-refractivity contribution in [3.05, 3.63) is 28.5 Å². The highest BCUT2D eigenvalue weighted by Gasteiger charge is 2.33. The first-order valence-electron chi connectivity index (χ1n) is 5.37. The summed E-state index contributed by atoms with van der Waals surface area (Å²) in [5, 5.41) is 11.6. The van der Waals surface area contributed by atoms with E-state index >= 15 is 0 Å². The minimum absolute atomic E-state index is 0.313. The molecule has 0 aliphatic heterocycles. The molecule has 0 aliphatic carbocycles. The van der Waals surface area contributed by atoms with E-state index in [0.29, 0.717) is 10.2 Å². The Morgan fingerprint density at radius 3 is 2.50 bits per heavy atom. The van der Waals surface area contributed by atoms with Gasteiger partial charge in [-0.3, -0.25) is 4.79 Å². The molecule has 1 aromatic heterocycles. The van der Waals surface area contributed by atoms with Crippen molar-refractivity contribution >= 4 is 27.8 Å². The van der Waals surface area contributed by atoms with Gasteiger partial charge in [-0.25, -0.2) is 9.78 Å². The number of carboxylic acids is 1. The van der Waals surface area contributed by atoms with Crippen molar-refractivity contribution in [2.45, 2.75) is 26.8 Å². The zero-order chi connectivity index (χ0) is 13.9. The molecule has 0 saturated carbocycles. The highest BCUT2D eigenvalue weighted by Crippen LogP contribution is 2.20. The summed E-state index contributed by atoms with van der Waals surface area (Å²) in [6.45, 7) is 5.26. The molecule has 0 saturated heterocycles. The number of aromatic nitrogens is 1. The topological polar surface area (TPSA) is 79.3 Å². The molecule has 0 aliphatic rings. The second-order valence-corrected chi connectivity index (χ2v) is 5.70. The summed E-state index contributed by atoms with van der Waals surface area (Å²) in [5.41, 5.74) is -0.260. The Labute approximate surface area is 114 Å². The van der Waals surface area contributed by atoms with Crippen LogP contribution in [0.1, 0.15) is 31.1 Å². The monoisotopic (exact) mass is 314 g/mol. The van der Waals surface area contributed by atoms with Crippen molar-refractivity contribution in [1.82, 2.24) is 10.3 Å². The molecule has 0 fully saturated rings. The van der Waals surface area contributed by atoms with Crippen molar-refractivity contribution in [2.75, 3.05) is 0 Å². The molecule has 1 aromatic rings. The number of carbonyl (C=O) groups is 2. The van der Waals surface area contributed by atoms with Crippen LogP contribution in [0.5, 0.6) is 0 Å². The molecule has 1 amide bonds. The maximum atomic E-state index is 12.0. The molecule has 0 bridgehead atoms. The Hall–Kier alpha value is -1.43. The molecule has 1 atom stereocenters. The fraction of sp³-hybridized carbons (Fsp3) is 0.417. The van der Waals surface area contributed by atoms with E-state index in [1.807, 2.05) is 0 Å². The number of carbonyl (C=O) groups excluding carboxylic acids is 1. The van der Waals surface area contributed by atoms with Gasteiger partial charge in [-0.15, -0.1) is 0 Å². The molecule has 0 spiro atoms. The zero-order valence-corrected chi connectivity index (χ0v) is 12.0. The van der Waals surface area contributed by atoms with E-state index in [1.54, 1.807) is 39.1 Å². The maximum Gasteiger partial charge on any atom is 0.326 e. The third-order valence-corrected chi connectivity index (χ3v) is 3.02. The number of amides is 1. The minimum Gasteiger partial charge on any atom is -0.480 e. The van der Waals surface area contributed by atoms with Crippen molar-refractivity contribution in [3.63, 3.8) is 0 Å². The van der Waals surface area contributed by atoms with Gasteiger partial charge in [0.25, 0.3) is 5.91 Å². The summed E-state index contributed by atoms with van der Waals surface area (Å²) in [6.07, 6.45) is 1.54. The largest absolute Gasteiger partial charge is 0.480 e. The molecule has 98 valence electrons. The molecule has 0 aromatic carbocycles. The normalized spacial score (nSPS) is 12.9. The molecular weight excluding hydrogens is 300 g/mol. The Bertz CT molecular complexity index is 469. The number of aliphatic carboxylic acids is 1. The standard InChI is InChI=1S/C12H15BrN2O3/c1-12(2,3)8(11(17)18)15-10(16)7-5-4-6-14-9(7)13/h4-6,8H,1-3H3,(H,15,16)(H,17,18)/t8-/m0/s1. The van der Waals surface area contributed by atoms with Crippen LogP contribution in [0.25, 0.3) is 0 Å². The number of nitrogens with one attached hydrogen (secondary N) is 1.